The molecule has 8 aromatic heterocycles. The Hall–Kier alpha value is -7.71. The minimum Gasteiger partial charge on any atom is -0.509 e. The summed E-state index contributed by atoms with van der Waals surface area (Å²) in [6.45, 7) is 0. The number of hydrogen-bond donors (Lipinski definition) is 4. The van der Waals surface area contributed by atoms with E-state index in [9.17, 15) is 5.11 Å². The molecule has 16 rings (SSSR count). The fourth-order valence-electron chi connectivity index (χ4n) is 8.43. The first-order valence-corrected chi connectivity index (χ1v) is 65.4. The SMILES string of the molecule is Brc1cccc(Oc2ccccn2)c1.Brc1ccccn1.Brc1ccccn1.Oc1cccc(Br)c1.Oc1cccc(O)c1.Oc1cccc(Oc2ccccn2)c1.[Cl][Pt]([Cl])([Cl])[Cl].[K][K].[Pt+2].[c-]1c(Oc2[c-]c(Oc3ccccn3)ccc2)cccc1Oc1ccccn1.c1ccc(Oc2cccc(Oc3cccc(Oc4ccccn4)c3)c2)nc1. The number of aromatic nitrogens is 8. The van der Waals surface area contributed by atoms with Crippen molar-refractivity contribution in [1.29, 1.82) is 0 Å². The Bertz CT molecular complexity index is 4950. The second-order valence-corrected chi connectivity index (χ2v) is 45.2. The normalized spacial score (nSPS) is 9.80. The molecule has 8 aromatic carbocycles. The van der Waals surface area contributed by atoms with Crippen molar-refractivity contribution in [2.75, 3.05) is 0 Å². The van der Waals surface area contributed by atoms with Crippen molar-refractivity contribution in [1.82, 2.24) is 39.9 Å². The largest absolute Gasteiger partial charge is 2.00 e. The first-order valence-electron chi connectivity index (χ1n) is 35.0. The van der Waals surface area contributed by atoms with Crippen LogP contribution in [-0.2, 0) is 33.0 Å². The van der Waals surface area contributed by atoms with E-state index in [0.717, 1.165) is 23.9 Å². The Morgan fingerprint density at radius 3 is 0.725 bits per heavy atom. The van der Waals surface area contributed by atoms with Crippen LogP contribution in [0.5, 0.6) is 116 Å². The molecule has 32 heteroatoms. The number of benzene rings is 8. The fraction of sp³-hybridized carbons (Fsp3) is 0. The molecule has 0 radical (unpaired) electrons. The monoisotopic (exact) mass is 2350 g/mol. The second kappa shape index (κ2) is 59.9. The molecule has 120 heavy (non-hydrogen) atoms. The Labute approximate surface area is 806 Å². The fourth-order valence-corrected chi connectivity index (χ4v) is 9.74. The van der Waals surface area contributed by atoms with Crippen LogP contribution >= 0.6 is 101 Å². The van der Waals surface area contributed by atoms with Crippen LogP contribution in [0.4, 0.5) is 0 Å². The summed E-state index contributed by atoms with van der Waals surface area (Å²) < 4.78 is 49.1. The molecule has 0 atom stereocenters. The summed E-state index contributed by atoms with van der Waals surface area (Å²) >= 11 is 12.4. The molecule has 0 amide bonds. The molecular formula is C88H66Br4Cl4K2N8O12Pt2. The third-order valence-corrected chi connectivity index (χ3v) is 15.1. The molecule has 0 aliphatic heterocycles. The van der Waals surface area contributed by atoms with Gasteiger partial charge in [0.05, 0.1) is 0 Å². The molecule has 0 unspecified atom stereocenters. The third-order valence-electron chi connectivity index (χ3n) is 13.2. The Balaban J connectivity index is 0.000000221. The molecular weight excluding hydrogens is 2290 g/mol. The predicted molar refractivity (Wildman–Crippen MR) is 476 cm³/mol. The summed E-state index contributed by atoms with van der Waals surface area (Å²) in [6, 6.07) is 103. The van der Waals surface area contributed by atoms with Gasteiger partial charge in [0.2, 0.25) is 35.3 Å². The van der Waals surface area contributed by atoms with E-state index in [-0.39, 0.29) is 38.3 Å². The Morgan fingerprint density at radius 1 is 0.242 bits per heavy atom. The van der Waals surface area contributed by atoms with E-state index < -0.39 is 11.9 Å². The zero-order valence-corrected chi connectivity index (χ0v) is 83.2. The molecule has 0 aliphatic rings. The maximum atomic E-state index is 9.19. The van der Waals surface area contributed by atoms with Crippen molar-refractivity contribution in [3.63, 3.8) is 0 Å². The molecule has 0 spiro atoms. The number of phenolic OH excluding ortho intramolecular Hbond substituents is 4. The van der Waals surface area contributed by atoms with Gasteiger partial charge in [-0.15, -0.1) is 24.3 Å². The van der Waals surface area contributed by atoms with E-state index in [1.54, 1.807) is 159 Å². The van der Waals surface area contributed by atoms with Gasteiger partial charge in [0, 0.05) is 142 Å². The maximum Gasteiger partial charge on any atom is 2.00 e. The number of hydrogen-bond acceptors (Lipinski definition) is 20. The van der Waals surface area contributed by atoms with E-state index in [4.69, 9.17) is 90.9 Å². The van der Waals surface area contributed by atoms with E-state index in [1.807, 2.05) is 194 Å². The number of nitrogens with zero attached hydrogens (tertiary/aromatic N) is 8. The van der Waals surface area contributed by atoms with Crippen LogP contribution in [0, 0.1) is 12.1 Å². The summed E-state index contributed by atoms with van der Waals surface area (Å²) in [6.07, 6.45) is 13.5. The average molecular weight is 2360 g/mol. The summed E-state index contributed by atoms with van der Waals surface area (Å²) in [5, 5.41) is 35.3. The summed E-state index contributed by atoms with van der Waals surface area (Å²) in [5.41, 5.74) is 0. The van der Waals surface area contributed by atoms with E-state index in [2.05, 4.69) is 116 Å². The summed E-state index contributed by atoms with van der Waals surface area (Å²) in [4.78, 5) is 32.4. The van der Waals surface area contributed by atoms with Crippen LogP contribution in [0.2, 0.25) is 0 Å². The quantitative estimate of drug-likeness (QED) is 0.0398. The first-order chi connectivity index (χ1) is 57.7. The van der Waals surface area contributed by atoms with Gasteiger partial charge in [-0.05, 0) is 177 Å². The zero-order valence-electron chi connectivity index (χ0n) is 63.1. The Kier molecular flexibility index (Phi) is 50.5. The summed E-state index contributed by atoms with van der Waals surface area (Å²) in [5.74, 6) is 9.74. The van der Waals surface area contributed by atoms with E-state index in [1.165, 1.54) is 87.4 Å². The third kappa shape index (κ3) is 46.5. The molecule has 4 N–H and O–H groups in total. The number of aromatic hydroxyl groups is 4. The zero-order chi connectivity index (χ0) is 84.9. The first kappa shape index (κ1) is 101. The summed E-state index contributed by atoms with van der Waals surface area (Å²) in [7, 11) is 20.0. The van der Waals surface area contributed by atoms with Crippen LogP contribution in [0.1, 0.15) is 0 Å². The van der Waals surface area contributed by atoms with Gasteiger partial charge in [-0.2, -0.15) is 12.1 Å². The minimum atomic E-state index is -3.06. The van der Waals surface area contributed by atoms with Crippen molar-refractivity contribution in [2.45, 2.75) is 0 Å². The molecule has 0 aliphatic carbocycles. The van der Waals surface area contributed by atoms with E-state index in [0.29, 0.717) is 92.8 Å². The van der Waals surface area contributed by atoms with Gasteiger partial charge in [-0.3, -0.25) is 0 Å². The van der Waals surface area contributed by atoms with E-state index >= 15 is 0 Å². The van der Waals surface area contributed by atoms with Gasteiger partial charge >= 0.3 is 134 Å². The molecule has 0 saturated heterocycles. The molecule has 608 valence electrons. The van der Waals surface area contributed by atoms with Crippen LogP contribution < -0.4 is 37.9 Å². The van der Waals surface area contributed by atoms with Crippen LogP contribution in [0.15, 0.2) is 395 Å². The van der Waals surface area contributed by atoms with Crippen molar-refractivity contribution < 1.29 is 91.3 Å². The standard InChI is InChI=1S/C22H16N2O3.C22H14N2O3.C11H8BrNO.C11H9NO2.C6H5BrO.C6H6O2.2C5H4BrN.4ClH.2K.2Pt/c2*1-3-13-23-21(11-1)26-19-9-5-7-17(15-19)25-18-8-6-10-20(16-18)27-22-12-2-4-14-24-22;12-9-4-3-5-10(8-9)14-11-6-1-2-7-13-11;13-9-4-3-5-10(8-9)14-11-6-1-2-7-12-11;2*7-5-2-1-3-6(8)4-5;2*6-5-3-1-2-4-7-5;;;;;;;;/h1-16H;1-14H;1-8H;1-8,13H;1-4,8H;1-4,7-8H;2*1-4H;4*1H;;;;/q;-2;;;;;;;;;;;;;+2;+4/p-4. The number of phenols is 4. The van der Waals surface area contributed by atoms with Gasteiger partial charge in [0.1, 0.15) is 66.7 Å². The number of ether oxygens (including phenoxy) is 8. The van der Waals surface area contributed by atoms with Crippen molar-refractivity contribution in [3.8, 4) is 116 Å². The molecule has 0 bridgehead atoms. The molecule has 20 nitrogen and oxygen atoms in total. The Morgan fingerprint density at radius 2 is 0.475 bits per heavy atom. The molecule has 16 aromatic rings. The predicted octanol–water partition coefficient (Wildman–Crippen LogP) is 26.5. The number of halogens is 8. The smallest absolute Gasteiger partial charge is 0.509 e. The van der Waals surface area contributed by atoms with Gasteiger partial charge in [-0.25, -0.2) is 39.9 Å². The van der Waals surface area contributed by atoms with Crippen molar-refractivity contribution in [3.05, 3.63) is 407 Å². The number of rotatable bonds is 16. The molecule has 0 saturated carbocycles. The molecule has 0 fully saturated rings. The van der Waals surface area contributed by atoms with Crippen LogP contribution in [0.3, 0.4) is 0 Å². The minimum absolute atomic E-state index is 0. The topological polar surface area (TPSA) is 258 Å². The maximum absolute atomic E-state index is 9.19. The average Bonchev–Trinajstić information content (AvgIpc) is 0.848. The van der Waals surface area contributed by atoms with Gasteiger partial charge in [0.25, 0.3) is 0 Å². The number of pyridine rings is 8. The second-order valence-electron chi connectivity index (χ2n) is 22.1. The van der Waals surface area contributed by atoms with Gasteiger partial charge in [0.15, 0.2) is 0 Å². The van der Waals surface area contributed by atoms with Crippen molar-refractivity contribution in [2.24, 2.45) is 0 Å². The van der Waals surface area contributed by atoms with Gasteiger partial charge in [-0.1, -0.05) is 129 Å². The van der Waals surface area contributed by atoms with Crippen molar-refractivity contribution >= 4 is 165 Å². The van der Waals surface area contributed by atoms with Gasteiger partial charge < -0.3 is 58.3 Å². The molecule has 8 heterocycles. The van der Waals surface area contributed by atoms with Crippen LogP contribution in [0.25, 0.3) is 0 Å². The van der Waals surface area contributed by atoms with Crippen LogP contribution in [-0.4, -0.2) is 123 Å².